The number of epoxide rings is 1. The van der Waals surface area contributed by atoms with Crippen LogP contribution in [0, 0.1) is 11.8 Å². The summed E-state index contributed by atoms with van der Waals surface area (Å²) in [4.78, 5) is 41.4. The van der Waals surface area contributed by atoms with Gasteiger partial charge in [0, 0.05) is 25.6 Å². The zero-order chi connectivity index (χ0) is 29.8. The molecule has 40 heavy (non-hydrogen) atoms. The van der Waals surface area contributed by atoms with Crippen LogP contribution in [0.15, 0.2) is 0 Å². The SMILES string of the molecule is COc1c2c(c(N(C)C)c(OC)c1OC)CC(C(=O)N[C@@H](CO)C(=O)NC(CC(C)C)C(=O)[C@@]1(CO)CO1)CC2. The lowest BCUT2D eigenvalue weighted by atomic mass is 9.81. The molecule has 12 heteroatoms. The van der Waals surface area contributed by atoms with E-state index in [2.05, 4.69) is 10.6 Å². The minimum Gasteiger partial charge on any atom is -0.492 e. The van der Waals surface area contributed by atoms with Gasteiger partial charge in [-0.05, 0) is 37.2 Å². The predicted molar refractivity (Wildman–Crippen MR) is 147 cm³/mol. The van der Waals surface area contributed by atoms with E-state index in [9.17, 15) is 24.6 Å². The Kier molecular flexibility index (Phi) is 10.3. The number of carbonyl (C=O) groups is 3. The van der Waals surface area contributed by atoms with Crippen LogP contribution in [0.5, 0.6) is 17.2 Å². The molecule has 1 aliphatic heterocycles. The average Bonchev–Trinajstić information content (AvgIpc) is 3.74. The van der Waals surface area contributed by atoms with Gasteiger partial charge < -0.3 is 44.7 Å². The second-order valence-electron chi connectivity index (χ2n) is 11.0. The molecule has 2 aliphatic rings. The number of fused-ring (bicyclic) bond motifs is 1. The van der Waals surface area contributed by atoms with E-state index in [1.807, 2.05) is 32.8 Å². The molecule has 2 amide bonds. The molecule has 0 spiro atoms. The first-order valence-corrected chi connectivity index (χ1v) is 13.5. The Hall–Kier alpha value is -3.09. The number of aliphatic hydroxyl groups excluding tert-OH is 2. The number of anilines is 1. The average molecular weight is 566 g/mol. The van der Waals surface area contributed by atoms with E-state index in [1.54, 1.807) is 21.3 Å². The molecule has 2 unspecified atom stereocenters. The second kappa shape index (κ2) is 13.0. The summed E-state index contributed by atoms with van der Waals surface area (Å²) in [5, 5.41) is 24.9. The van der Waals surface area contributed by atoms with Gasteiger partial charge in [0.15, 0.2) is 22.9 Å². The highest BCUT2D eigenvalue weighted by molar-refractivity contribution is 5.98. The summed E-state index contributed by atoms with van der Waals surface area (Å²) in [5.74, 6) is -0.362. The smallest absolute Gasteiger partial charge is 0.245 e. The lowest BCUT2D eigenvalue weighted by molar-refractivity contribution is -0.135. The van der Waals surface area contributed by atoms with E-state index >= 15 is 0 Å². The number of Topliss-reactive ketones (excluding diaryl/α,β-unsaturated/α-hetero) is 1. The van der Waals surface area contributed by atoms with Crippen LogP contribution in [-0.4, -0.2) is 101 Å². The van der Waals surface area contributed by atoms with Crippen molar-refractivity contribution in [2.75, 3.05) is 60.1 Å². The Morgan fingerprint density at radius 3 is 2.10 bits per heavy atom. The Morgan fingerprint density at radius 1 is 1.00 bits per heavy atom. The zero-order valence-electron chi connectivity index (χ0n) is 24.5. The molecule has 0 saturated carbocycles. The van der Waals surface area contributed by atoms with Crippen molar-refractivity contribution in [3.8, 4) is 17.2 Å². The lowest BCUT2D eigenvalue weighted by Gasteiger charge is -2.32. The van der Waals surface area contributed by atoms with E-state index < -0.39 is 48.5 Å². The fourth-order valence-corrected chi connectivity index (χ4v) is 5.38. The summed E-state index contributed by atoms with van der Waals surface area (Å²) in [7, 11) is 8.41. The maximum atomic E-state index is 13.4. The van der Waals surface area contributed by atoms with Gasteiger partial charge >= 0.3 is 0 Å². The number of nitrogens with zero attached hydrogens (tertiary/aromatic N) is 1. The van der Waals surface area contributed by atoms with Gasteiger partial charge in [0.1, 0.15) is 6.04 Å². The molecule has 1 aromatic rings. The van der Waals surface area contributed by atoms with Gasteiger partial charge in [-0.25, -0.2) is 0 Å². The molecule has 1 aliphatic carbocycles. The Morgan fingerprint density at radius 2 is 1.62 bits per heavy atom. The van der Waals surface area contributed by atoms with Crippen LogP contribution in [0.2, 0.25) is 0 Å². The number of hydrogen-bond acceptors (Lipinski definition) is 10. The quantitative estimate of drug-likeness (QED) is 0.230. The largest absolute Gasteiger partial charge is 0.492 e. The monoisotopic (exact) mass is 565 g/mol. The highest BCUT2D eigenvalue weighted by Gasteiger charge is 2.54. The number of ketones is 1. The number of benzene rings is 1. The fraction of sp³-hybridized carbons (Fsp3) is 0.679. The van der Waals surface area contributed by atoms with Crippen molar-refractivity contribution in [2.45, 2.75) is 57.2 Å². The number of amides is 2. The second-order valence-corrected chi connectivity index (χ2v) is 11.0. The van der Waals surface area contributed by atoms with Crippen molar-refractivity contribution >= 4 is 23.3 Å². The van der Waals surface area contributed by atoms with Gasteiger partial charge in [-0.3, -0.25) is 14.4 Å². The number of hydrogen-bond donors (Lipinski definition) is 4. The number of carbonyl (C=O) groups excluding carboxylic acids is 3. The van der Waals surface area contributed by atoms with Gasteiger partial charge in [0.2, 0.25) is 17.6 Å². The zero-order valence-corrected chi connectivity index (χ0v) is 24.5. The minimum absolute atomic E-state index is 0.0618. The van der Waals surface area contributed by atoms with Crippen molar-refractivity contribution in [3.63, 3.8) is 0 Å². The van der Waals surface area contributed by atoms with Gasteiger partial charge in [-0.2, -0.15) is 0 Å². The number of rotatable bonds is 14. The summed E-state index contributed by atoms with van der Waals surface area (Å²) in [6, 6.07) is -2.18. The first kappa shape index (κ1) is 31.4. The number of nitrogens with one attached hydrogen (secondary N) is 2. The molecule has 12 nitrogen and oxygen atoms in total. The maximum Gasteiger partial charge on any atom is 0.245 e. The fourth-order valence-electron chi connectivity index (χ4n) is 5.38. The molecule has 1 aromatic carbocycles. The Balaban J connectivity index is 1.80. The van der Waals surface area contributed by atoms with Crippen LogP contribution >= 0.6 is 0 Å². The predicted octanol–water partition coefficient (Wildman–Crippen LogP) is 0.222. The van der Waals surface area contributed by atoms with Crippen LogP contribution in [-0.2, 0) is 32.0 Å². The van der Waals surface area contributed by atoms with E-state index in [0.717, 1.165) is 16.8 Å². The Bertz CT molecular complexity index is 1100. The van der Waals surface area contributed by atoms with E-state index in [4.69, 9.17) is 18.9 Å². The van der Waals surface area contributed by atoms with E-state index in [0.29, 0.717) is 42.9 Å². The first-order valence-electron chi connectivity index (χ1n) is 13.5. The van der Waals surface area contributed by atoms with Crippen LogP contribution < -0.4 is 29.7 Å². The van der Waals surface area contributed by atoms with Crippen molar-refractivity contribution in [1.29, 1.82) is 0 Å². The third-order valence-electron chi connectivity index (χ3n) is 7.53. The molecule has 4 N–H and O–H groups in total. The minimum atomic E-state index is -1.30. The van der Waals surface area contributed by atoms with Gasteiger partial charge in [-0.15, -0.1) is 0 Å². The first-order chi connectivity index (χ1) is 19.0. The maximum absolute atomic E-state index is 13.4. The van der Waals surface area contributed by atoms with Crippen molar-refractivity contribution in [1.82, 2.24) is 10.6 Å². The van der Waals surface area contributed by atoms with Gasteiger partial charge in [-0.1, -0.05) is 13.8 Å². The van der Waals surface area contributed by atoms with Crippen LogP contribution in [0.1, 0.15) is 37.8 Å². The summed E-state index contributed by atoms with van der Waals surface area (Å²) in [5.41, 5.74) is 1.30. The van der Waals surface area contributed by atoms with E-state index in [1.165, 1.54) is 0 Å². The normalized spacial score (nSPS) is 21.1. The van der Waals surface area contributed by atoms with Crippen molar-refractivity contribution < 1.29 is 43.5 Å². The molecule has 4 atom stereocenters. The molecule has 224 valence electrons. The summed E-state index contributed by atoms with van der Waals surface area (Å²) in [6.45, 7) is 2.77. The third kappa shape index (κ3) is 6.29. The molecule has 3 rings (SSSR count). The highest BCUT2D eigenvalue weighted by Crippen LogP contribution is 2.51. The van der Waals surface area contributed by atoms with Crippen LogP contribution in [0.25, 0.3) is 0 Å². The topological polar surface area (TPSA) is 159 Å². The third-order valence-corrected chi connectivity index (χ3v) is 7.53. The molecular formula is C28H43N3O9. The molecule has 1 saturated heterocycles. The van der Waals surface area contributed by atoms with Gasteiger partial charge in [0.25, 0.3) is 0 Å². The van der Waals surface area contributed by atoms with Crippen molar-refractivity contribution in [2.24, 2.45) is 11.8 Å². The van der Waals surface area contributed by atoms with Gasteiger partial charge in [0.05, 0.1) is 52.9 Å². The molecule has 1 fully saturated rings. The van der Waals surface area contributed by atoms with Crippen molar-refractivity contribution in [3.05, 3.63) is 11.1 Å². The molecule has 0 aromatic heterocycles. The summed E-state index contributed by atoms with van der Waals surface area (Å²) < 4.78 is 22.2. The molecule has 0 radical (unpaired) electrons. The summed E-state index contributed by atoms with van der Waals surface area (Å²) >= 11 is 0. The highest BCUT2D eigenvalue weighted by atomic mass is 16.6. The Labute approximate surface area is 235 Å². The molecular weight excluding hydrogens is 522 g/mol. The molecule has 1 heterocycles. The molecule has 0 bridgehead atoms. The van der Waals surface area contributed by atoms with E-state index in [-0.39, 0.29) is 18.4 Å². The summed E-state index contributed by atoms with van der Waals surface area (Å²) in [6.07, 6.45) is 1.70. The van der Waals surface area contributed by atoms with Crippen LogP contribution in [0.4, 0.5) is 5.69 Å². The van der Waals surface area contributed by atoms with Crippen LogP contribution in [0.3, 0.4) is 0 Å². The lowest BCUT2D eigenvalue weighted by Crippen LogP contribution is -2.56. The standard InChI is InChI=1S/C28H43N3O9/c1-15(2)10-19(25(34)28(13-33)14-40-28)29-27(36)20(12-32)30-26(35)16-8-9-17-18(11-16)21(31(3)4)23(38-6)24(39-7)22(17)37-5/h15-16,19-20,32-33H,8-14H2,1-7H3,(H,29,36)(H,30,35)/t16?,19?,20-,28+/m0/s1. The number of aliphatic hydroxyl groups is 2. The number of methoxy groups -OCH3 is 3. The number of ether oxygens (including phenoxy) is 4.